The fourth-order valence-electron chi connectivity index (χ4n) is 1.08. The minimum Gasteiger partial charge on any atom is -1.00 e. The molecule has 0 atom stereocenters. The van der Waals surface area contributed by atoms with Crippen LogP contribution in [0.5, 0.6) is 0 Å². The van der Waals surface area contributed by atoms with E-state index in [0.717, 1.165) is 11.0 Å². The molecule has 0 fully saturated rings. The van der Waals surface area contributed by atoms with Gasteiger partial charge in [-0.3, -0.25) is 0 Å². The van der Waals surface area contributed by atoms with Crippen molar-refractivity contribution in [2.75, 3.05) is 34.2 Å². The van der Waals surface area contributed by atoms with Gasteiger partial charge in [0.1, 0.15) is 0 Å². The molecular weight excluding hydrogens is 207 g/mol. The third-order valence-electron chi connectivity index (χ3n) is 1.78. The van der Waals surface area contributed by atoms with Gasteiger partial charge in [0.15, 0.2) is 0 Å². The van der Waals surface area contributed by atoms with Crippen LogP contribution in [0.2, 0.25) is 0 Å². The average molecular weight is 231 g/mol. The molecule has 0 aliphatic carbocycles. The van der Waals surface area contributed by atoms with Gasteiger partial charge in [-0.15, -0.1) is 12.4 Å². The Hall–Kier alpha value is 0.500. The first-order chi connectivity index (χ1) is 5.06. The molecule has 0 saturated heterocycles. The van der Waals surface area contributed by atoms with Gasteiger partial charge >= 0.3 is 0 Å². The molecule has 0 bridgehead atoms. The van der Waals surface area contributed by atoms with E-state index in [1.54, 1.807) is 0 Å². The van der Waals surface area contributed by atoms with E-state index >= 15 is 0 Å². The van der Waals surface area contributed by atoms with E-state index in [-0.39, 0.29) is 24.8 Å². The molecule has 0 aliphatic heterocycles. The molecule has 4 heteroatoms. The van der Waals surface area contributed by atoms with Crippen LogP contribution in [-0.4, -0.2) is 38.7 Å². The summed E-state index contributed by atoms with van der Waals surface area (Å²) in [4.78, 5) is 0. The van der Waals surface area contributed by atoms with Crippen LogP contribution < -0.4 is 18.1 Å². The molecule has 0 rings (SSSR count). The van der Waals surface area contributed by atoms with E-state index in [9.17, 15) is 0 Å². The van der Waals surface area contributed by atoms with E-state index in [4.69, 9.17) is 5.73 Å². The first kappa shape index (κ1) is 19.1. The number of quaternary nitrogens is 1. The number of rotatable bonds is 6. The maximum Gasteiger partial charge on any atom is 0.0780 e. The number of unbranched alkanes of at least 4 members (excludes halogenated alkanes) is 3. The Morgan fingerprint density at radius 3 is 1.77 bits per heavy atom. The Kier molecular flexibility index (Phi) is 15.6. The molecule has 0 radical (unpaired) electrons. The van der Waals surface area contributed by atoms with Crippen molar-refractivity contribution >= 4 is 12.4 Å². The van der Waals surface area contributed by atoms with Gasteiger partial charge in [0.05, 0.1) is 27.7 Å². The summed E-state index contributed by atoms with van der Waals surface area (Å²) in [6.45, 7) is 2.13. The van der Waals surface area contributed by atoms with E-state index < -0.39 is 0 Å². The summed E-state index contributed by atoms with van der Waals surface area (Å²) in [7, 11) is 6.72. The second-order valence-electron chi connectivity index (χ2n) is 4.22. The Bertz CT molecular complexity index is 92.1. The zero-order valence-corrected chi connectivity index (χ0v) is 10.6. The fraction of sp³-hybridized carbons (Fsp3) is 1.00. The van der Waals surface area contributed by atoms with Crippen molar-refractivity contribution in [2.24, 2.45) is 5.73 Å². The minimum absolute atomic E-state index is 0. The Balaban J connectivity index is -0.000000500. The molecule has 0 aromatic heterocycles. The van der Waals surface area contributed by atoms with Crippen molar-refractivity contribution in [3.05, 3.63) is 0 Å². The quantitative estimate of drug-likeness (QED) is 0.443. The van der Waals surface area contributed by atoms with Crippen LogP contribution in [0.3, 0.4) is 0 Å². The standard InChI is InChI=1S/C9H23N2.2ClH/c1-11(2,3)9-7-5-4-6-8-10;;/h4-10H2,1-3H3;2*1H/q+1;;/p-1. The van der Waals surface area contributed by atoms with Crippen LogP contribution in [0, 0.1) is 0 Å². The van der Waals surface area contributed by atoms with E-state index in [2.05, 4.69) is 21.1 Å². The first-order valence-corrected chi connectivity index (χ1v) is 4.57. The molecule has 0 aliphatic rings. The van der Waals surface area contributed by atoms with Gasteiger partial charge in [-0.2, -0.15) is 0 Å². The molecule has 0 spiro atoms. The third kappa shape index (κ3) is 19.1. The van der Waals surface area contributed by atoms with E-state index in [1.807, 2.05) is 0 Å². The lowest BCUT2D eigenvalue weighted by Crippen LogP contribution is -3.00. The molecule has 84 valence electrons. The molecular formula is C9H24Cl2N2. The molecule has 13 heavy (non-hydrogen) atoms. The number of halogens is 2. The van der Waals surface area contributed by atoms with Gasteiger partial charge in [0.25, 0.3) is 0 Å². The summed E-state index contributed by atoms with van der Waals surface area (Å²) < 4.78 is 1.09. The molecule has 0 unspecified atom stereocenters. The van der Waals surface area contributed by atoms with E-state index in [0.29, 0.717) is 0 Å². The van der Waals surface area contributed by atoms with Crippen LogP contribution in [0.25, 0.3) is 0 Å². The van der Waals surface area contributed by atoms with Gasteiger partial charge in [0, 0.05) is 0 Å². The highest BCUT2D eigenvalue weighted by Gasteiger charge is 2.04. The second-order valence-corrected chi connectivity index (χ2v) is 4.22. The molecule has 0 aromatic rings. The summed E-state index contributed by atoms with van der Waals surface area (Å²) in [5.74, 6) is 0. The van der Waals surface area contributed by atoms with Gasteiger partial charge in [0.2, 0.25) is 0 Å². The summed E-state index contributed by atoms with van der Waals surface area (Å²) in [5.41, 5.74) is 5.39. The Morgan fingerprint density at radius 2 is 1.38 bits per heavy atom. The minimum atomic E-state index is 0. The van der Waals surface area contributed by atoms with Crippen molar-refractivity contribution < 1.29 is 16.9 Å². The highest BCUT2D eigenvalue weighted by Crippen LogP contribution is 2.01. The SMILES string of the molecule is C[N+](C)(C)CCCCCCN.Cl.[Cl-]. The molecule has 2 N–H and O–H groups in total. The van der Waals surface area contributed by atoms with Crippen LogP contribution in [-0.2, 0) is 0 Å². The topological polar surface area (TPSA) is 26.0 Å². The lowest BCUT2D eigenvalue weighted by molar-refractivity contribution is -0.870. The predicted octanol–water partition coefficient (Wildman–Crippen LogP) is -1.36. The fourth-order valence-corrected chi connectivity index (χ4v) is 1.08. The van der Waals surface area contributed by atoms with Crippen LogP contribution in [0.1, 0.15) is 25.7 Å². The summed E-state index contributed by atoms with van der Waals surface area (Å²) >= 11 is 0. The van der Waals surface area contributed by atoms with Gasteiger partial charge in [-0.1, -0.05) is 6.42 Å². The lowest BCUT2D eigenvalue weighted by atomic mass is 10.2. The zero-order chi connectivity index (χ0) is 8.74. The highest BCUT2D eigenvalue weighted by molar-refractivity contribution is 5.85. The maximum absolute atomic E-state index is 5.39. The van der Waals surface area contributed by atoms with Gasteiger partial charge in [-0.25, -0.2) is 0 Å². The second kappa shape index (κ2) is 10.6. The monoisotopic (exact) mass is 230 g/mol. The largest absolute Gasteiger partial charge is 1.00 e. The molecule has 0 aromatic carbocycles. The van der Waals surface area contributed by atoms with Crippen molar-refractivity contribution in [3.63, 3.8) is 0 Å². The molecule has 0 saturated carbocycles. The number of nitrogens with two attached hydrogens (primary N) is 1. The first-order valence-electron chi connectivity index (χ1n) is 4.57. The van der Waals surface area contributed by atoms with Crippen LogP contribution in [0.4, 0.5) is 0 Å². The van der Waals surface area contributed by atoms with Crippen molar-refractivity contribution in [1.82, 2.24) is 0 Å². The Morgan fingerprint density at radius 1 is 0.923 bits per heavy atom. The van der Waals surface area contributed by atoms with E-state index in [1.165, 1.54) is 32.2 Å². The molecule has 0 heterocycles. The summed E-state index contributed by atoms with van der Waals surface area (Å²) in [6, 6.07) is 0. The van der Waals surface area contributed by atoms with Gasteiger partial charge < -0.3 is 22.6 Å². The van der Waals surface area contributed by atoms with Crippen molar-refractivity contribution in [2.45, 2.75) is 25.7 Å². The van der Waals surface area contributed by atoms with Crippen molar-refractivity contribution in [3.8, 4) is 0 Å². The number of hydrogen-bond donors (Lipinski definition) is 1. The average Bonchev–Trinajstić information content (AvgIpc) is 1.85. The molecule has 2 nitrogen and oxygen atoms in total. The lowest BCUT2D eigenvalue weighted by Gasteiger charge is -2.23. The Labute approximate surface area is 95.3 Å². The maximum atomic E-state index is 5.39. The predicted molar refractivity (Wildman–Crippen MR) is 57.7 cm³/mol. The van der Waals surface area contributed by atoms with Crippen LogP contribution in [0.15, 0.2) is 0 Å². The smallest absolute Gasteiger partial charge is 0.0780 e. The number of nitrogens with zero attached hydrogens (tertiary/aromatic N) is 1. The summed E-state index contributed by atoms with van der Waals surface area (Å²) in [5, 5.41) is 0. The molecule has 0 amide bonds. The summed E-state index contributed by atoms with van der Waals surface area (Å²) in [6.07, 6.45) is 5.17. The van der Waals surface area contributed by atoms with Gasteiger partial charge in [-0.05, 0) is 25.8 Å². The third-order valence-corrected chi connectivity index (χ3v) is 1.78. The number of hydrogen-bond acceptors (Lipinski definition) is 1. The van der Waals surface area contributed by atoms with Crippen LogP contribution >= 0.6 is 12.4 Å². The van der Waals surface area contributed by atoms with Crippen molar-refractivity contribution in [1.29, 1.82) is 0 Å². The zero-order valence-electron chi connectivity index (χ0n) is 9.05. The normalized spacial score (nSPS) is 10.2. The highest BCUT2D eigenvalue weighted by atomic mass is 35.5.